The summed E-state index contributed by atoms with van der Waals surface area (Å²) in [6.07, 6.45) is -2.49. The van der Waals surface area contributed by atoms with Crippen molar-refractivity contribution in [1.29, 1.82) is 0 Å². The summed E-state index contributed by atoms with van der Waals surface area (Å²) in [5.74, 6) is 0.801. The first-order chi connectivity index (χ1) is 14.7. The van der Waals surface area contributed by atoms with Crippen LogP contribution in [0.15, 0.2) is 53.7 Å². The largest absolute Gasteiger partial charge is 0.417 e. The molecule has 0 radical (unpaired) electrons. The smallest absolute Gasteiger partial charge is 0.325 e. The summed E-state index contributed by atoms with van der Waals surface area (Å²) >= 11 is 6.88. The third kappa shape index (κ3) is 4.88. The van der Waals surface area contributed by atoms with Crippen LogP contribution in [0.3, 0.4) is 0 Å². The highest BCUT2D eigenvalue weighted by molar-refractivity contribution is 8.00. The minimum atomic E-state index is -4.62. The second kappa shape index (κ2) is 8.55. The Morgan fingerprint density at radius 3 is 2.55 bits per heavy atom. The maximum Gasteiger partial charge on any atom is 0.417 e. The molecule has 10 heteroatoms. The van der Waals surface area contributed by atoms with E-state index in [0.717, 1.165) is 30.8 Å². The average molecular weight is 467 g/mol. The summed E-state index contributed by atoms with van der Waals surface area (Å²) in [5.41, 5.74) is -0.288. The lowest BCUT2D eigenvalue weighted by atomic mass is 10.1. The fourth-order valence-corrected chi connectivity index (χ4v) is 4.39. The molecular formula is C21H18ClF3N4OS. The fraction of sp³-hybridized carbons (Fsp3) is 0.286. The third-order valence-corrected chi connectivity index (χ3v) is 6.53. The van der Waals surface area contributed by atoms with Crippen LogP contribution >= 0.6 is 23.4 Å². The molecule has 1 atom stereocenters. The number of alkyl halides is 3. The van der Waals surface area contributed by atoms with Crippen molar-refractivity contribution in [2.24, 2.45) is 7.05 Å². The third-order valence-electron chi connectivity index (χ3n) is 4.91. The van der Waals surface area contributed by atoms with Gasteiger partial charge in [0, 0.05) is 18.7 Å². The van der Waals surface area contributed by atoms with Crippen molar-refractivity contribution in [3.63, 3.8) is 0 Å². The quantitative estimate of drug-likeness (QED) is 0.464. The number of benzene rings is 2. The minimum Gasteiger partial charge on any atom is -0.325 e. The number of hydrogen-bond donors (Lipinski definition) is 1. The van der Waals surface area contributed by atoms with E-state index in [1.165, 1.54) is 17.8 Å². The van der Waals surface area contributed by atoms with Crippen molar-refractivity contribution < 1.29 is 18.0 Å². The van der Waals surface area contributed by atoms with Crippen molar-refractivity contribution in [3.05, 3.63) is 70.5 Å². The van der Waals surface area contributed by atoms with Gasteiger partial charge in [0.1, 0.15) is 11.1 Å². The number of aromatic nitrogens is 3. The van der Waals surface area contributed by atoms with E-state index in [1.54, 1.807) is 24.3 Å². The first-order valence-corrected chi connectivity index (χ1v) is 10.8. The number of carbonyl (C=O) groups excluding carboxylic acids is 1. The Hall–Kier alpha value is -2.52. The van der Waals surface area contributed by atoms with Gasteiger partial charge in [0.2, 0.25) is 5.91 Å². The zero-order chi connectivity index (χ0) is 22.2. The Balaban J connectivity index is 1.61. The van der Waals surface area contributed by atoms with Gasteiger partial charge in [0.05, 0.1) is 10.6 Å². The van der Waals surface area contributed by atoms with Gasteiger partial charge in [-0.3, -0.25) is 4.79 Å². The molecule has 1 aliphatic carbocycles. The molecule has 0 saturated heterocycles. The Bertz CT molecular complexity index is 1100. The van der Waals surface area contributed by atoms with Crippen LogP contribution in [-0.4, -0.2) is 20.7 Å². The zero-order valence-corrected chi connectivity index (χ0v) is 17.9. The SMILES string of the molecule is Cn1c(S[C@H](C(=O)Nc2ccc(Cl)c(C(F)(F)F)c2)c2ccccc2)nnc1C1CC1. The van der Waals surface area contributed by atoms with Crippen LogP contribution < -0.4 is 5.32 Å². The van der Waals surface area contributed by atoms with E-state index in [0.29, 0.717) is 16.6 Å². The maximum atomic E-state index is 13.2. The van der Waals surface area contributed by atoms with E-state index >= 15 is 0 Å². The highest BCUT2D eigenvalue weighted by Crippen LogP contribution is 2.42. The Kier molecular flexibility index (Phi) is 5.98. The van der Waals surface area contributed by atoms with Crippen LogP contribution in [0.4, 0.5) is 18.9 Å². The second-order valence-electron chi connectivity index (χ2n) is 7.26. The molecule has 0 aliphatic heterocycles. The van der Waals surface area contributed by atoms with Gasteiger partial charge in [-0.05, 0) is 36.6 Å². The molecule has 0 spiro atoms. The van der Waals surface area contributed by atoms with E-state index in [-0.39, 0.29) is 5.69 Å². The van der Waals surface area contributed by atoms with Gasteiger partial charge in [-0.15, -0.1) is 10.2 Å². The van der Waals surface area contributed by atoms with Gasteiger partial charge in [0.15, 0.2) is 5.16 Å². The molecule has 2 aromatic carbocycles. The van der Waals surface area contributed by atoms with Crippen molar-refractivity contribution in [3.8, 4) is 0 Å². The van der Waals surface area contributed by atoms with Crippen molar-refractivity contribution in [1.82, 2.24) is 14.8 Å². The topological polar surface area (TPSA) is 59.8 Å². The number of nitrogens with one attached hydrogen (secondary N) is 1. The molecule has 162 valence electrons. The number of rotatable bonds is 6. The highest BCUT2D eigenvalue weighted by Gasteiger charge is 2.34. The number of halogens is 4. The first-order valence-electron chi connectivity index (χ1n) is 9.52. The lowest BCUT2D eigenvalue weighted by molar-refractivity contribution is -0.137. The molecule has 1 aliphatic rings. The van der Waals surface area contributed by atoms with Gasteiger partial charge in [-0.25, -0.2) is 0 Å². The molecule has 31 heavy (non-hydrogen) atoms. The Morgan fingerprint density at radius 1 is 1.19 bits per heavy atom. The van der Waals surface area contributed by atoms with Crippen LogP contribution in [0.1, 0.15) is 41.0 Å². The molecule has 5 nitrogen and oxygen atoms in total. The summed E-state index contributed by atoms with van der Waals surface area (Å²) in [5, 5.41) is 10.5. The second-order valence-corrected chi connectivity index (χ2v) is 8.74. The lowest BCUT2D eigenvalue weighted by Gasteiger charge is -2.17. The summed E-state index contributed by atoms with van der Waals surface area (Å²) in [6.45, 7) is 0. The molecule has 3 aromatic rings. The molecule has 1 N–H and O–H groups in total. The van der Waals surface area contributed by atoms with Crippen molar-refractivity contribution >= 4 is 35.0 Å². The Morgan fingerprint density at radius 2 is 1.90 bits per heavy atom. The van der Waals surface area contributed by atoms with E-state index in [2.05, 4.69) is 15.5 Å². The number of amides is 1. The van der Waals surface area contributed by atoms with E-state index < -0.39 is 27.9 Å². The minimum absolute atomic E-state index is 0.0138. The number of hydrogen-bond acceptors (Lipinski definition) is 4. The normalized spacial score (nSPS) is 15.0. The van der Waals surface area contributed by atoms with Crippen molar-refractivity contribution in [2.45, 2.75) is 35.3 Å². The summed E-state index contributed by atoms with van der Waals surface area (Å²) < 4.78 is 41.4. The van der Waals surface area contributed by atoms with Crippen LogP contribution in [-0.2, 0) is 18.0 Å². The van der Waals surface area contributed by atoms with Crippen molar-refractivity contribution in [2.75, 3.05) is 5.32 Å². The monoisotopic (exact) mass is 466 g/mol. The molecule has 1 saturated carbocycles. The maximum absolute atomic E-state index is 13.2. The van der Waals surface area contributed by atoms with Gasteiger partial charge in [0.25, 0.3) is 0 Å². The van der Waals surface area contributed by atoms with E-state index in [9.17, 15) is 18.0 Å². The van der Waals surface area contributed by atoms with Crippen LogP contribution in [0.5, 0.6) is 0 Å². The first kappa shape index (κ1) is 21.7. The number of carbonyl (C=O) groups is 1. The number of thioether (sulfide) groups is 1. The molecule has 0 unspecified atom stereocenters. The molecule has 4 rings (SSSR count). The number of nitrogens with zero attached hydrogens (tertiary/aromatic N) is 3. The van der Waals surface area contributed by atoms with Crippen LogP contribution in [0, 0.1) is 0 Å². The number of anilines is 1. The molecular weight excluding hydrogens is 449 g/mol. The predicted octanol–water partition coefficient (Wildman–Crippen LogP) is 5.84. The predicted molar refractivity (Wildman–Crippen MR) is 113 cm³/mol. The highest BCUT2D eigenvalue weighted by atomic mass is 35.5. The molecule has 1 heterocycles. The zero-order valence-electron chi connectivity index (χ0n) is 16.4. The van der Waals surface area contributed by atoms with E-state index in [4.69, 9.17) is 11.6 Å². The summed E-state index contributed by atoms with van der Waals surface area (Å²) in [7, 11) is 1.85. The van der Waals surface area contributed by atoms with Gasteiger partial charge >= 0.3 is 6.18 Å². The molecule has 1 aromatic heterocycles. The summed E-state index contributed by atoms with van der Waals surface area (Å²) in [6, 6.07) is 12.3. The van der Waals surface area contributed by atoms with E-state index in [1.807, 2.05) is 17.7 Å². The van der Waals surface area contributed by atoms with Gasteiger partial charge < -0.3 is 9.88 Å². The summed E-state index contributed by atoms with van der Waals surface area (Å²) in [4.78, 5) is 13.1. The van der Waals surface area contributed by atoms with Gasteiger partial charge in [-0.2, -0.15) is 13.2 Å². The molecule has 1 fully saturated rings. The molecule has 1 amide bonds. The Labute approximate surface area is 186 Å². The fourth-order valence-electron chi connectivity index (χ4n) is 3.16. The molecule has 0 bridgehead atoms. The van der Waals surface area contributed by atoms with Gasteiger partial charge in [-0.1, -0.05) is 53.7 Å². The van der Waals surface area contributed by atoms with Crippen LogP contribution in [0.25, 0.3) is 0 Å². The average Bonchev–Trinajstić information content (AvgIpc) is 3.50. The van der Waals surface area contributed by atoms with Crippen LogP contribution in [0.2, 0.25) is 5.02 Å². The lowest BCUT2D eigenvalue weighted by Crippen LogP contribution is -2.20. The standard InChI is InChI=1S/C21H18ClF3N4OS/c1-29-18(13-7-8-13)27-28-20(29)31-17(12-5-3-2-4-6-12)19(30)26-14-9-10-16(22)15(11-14)21(23,24)25/h2-6,9-11,13,17H,7-8H2,1H3,(H,26,30)/t17-/m0/s1.